The van der Waals surface area contributed by atoms with Crippen molar-refractivity contribution in [2.75, 3.05) is 12.3 Å². The van der Waals surface area contributed by atoms with Gasteiger partial charge in [-0.3, -0.25) is 0 Å². The van der Waals surface area contributed by atoms with Gasteiger partial charge < -0.3 is 10.5 Å². The van der Waals surface area contributed by atoms with E-state index in [1.54, 1.807) is 24.3 Å². The monoisotopic (exact) mass is 309 g/mol. The maximum absolute atomic E-state index is 12.9. The second-order valence-corrected chi connectivity index (χ2v) is 8.49. The number of nitrogens with two attached hydrogens (primary N) is 1. The van der Waals surface area contributed by atoms with Gasteiger partial charge in [-0.1, -0.05) is 31.4 Å². The lowest BCUT2D eigenvalue weighted by atomic mass is 9.80. The molecule has 2 fully saturated rings. The highest BCUT2D eigenvalue weighted by Gasteiger charge is 2.43. The Balaban J connectivity index is 1.87. The predicted octanol–water partition coefficient (Wildman–Crippen LogP) is 2.92. The van der Waals surface area contributed by atoms with Crippen molar-refractivity contribution in [2.24, 2.45) is 0 Å². The van der Waals surface area contributed by atoms with Gasteiger partial charge in [0.15, 0.2) is 9.84 Å². The van der Waals surface area contributed by atoms with Crippen LogP contribution >= 0.6 is 0 Å². The van der Waals surface area contributed by atoms with E-state index in [1.165, 1.54) is 6.42 Å². The van der Waals surface area contributed by atoms with Crippen LogP contribution in [0.25, 0.3) is 0 Å². The van der Waals surface area contributed by atoms with Crippen molar-refractivity contribution in [3.63, 3.8) is 0 Å². The quantitative estimate of drug-likeness (QED) is 0.853. The molecule has 5 heteroatoms. The summed E-state index contributed by atoms with van der Waals surface area (Å²) in [4.78, 5) is 0.280. The van der Waals surface area contributed by atoms with E-state index in [2.05, 4.69) is 0 Å². The molecule has 21 heavy (non-hydrogen) atoms. The lowest BCUT2D eigenvalue weighted by Gasteiger charge is -2.43. The molecule has 0 aromatic heterocycles. The van der Waals surface area contributed by atoms with E-state index in [0.717, 1.165) is 25.7 Å². The van der Waals surface area contributed by atoms with E-state index < -0.39 is 9.84 Å². The Morgan fingerprint density at radius 1 is 1.14 bits per heavy atom. The largest absolute Gasteiger partial charge is 0.398 e. The fourth-order valence-electron chi connectivity index (χ4n) is 3.71. The first kappa shape index (κ1) is 14.9. The molecule has 1 aliphatic heterocycles. The first-order valence-corrected chi connectivity index (χ1v) is 9.31. The van der Waals surface area contributed by atoms with Crippen LogP contribution < -0.4 is 5.73 Å². The van der Waals surface area contributed by atoms with Crippen molar-refractivity contribution in [1.29, 1.82) is 0 Å². The molecule has 1 aromatic carbocycles. The van der Waals surface area contributed by atoms with Gasteiger partial charge in [-0.2, -0.15) is 0 Å². The van der Waals surface area contributed by atoms with Crippen molar-refractivity contribution < 1.29 is 13.2 Å². The smallest absolute Gasteiger partial charge is 0.183 e. The molecule has 1 unspecified atom stereocenters. The van der Waals surface area contributed by atoms with Gasteiger partial charge in [0, 0.05) is 6.61 Å². The average molecular weight is 309 g/mol. The van der Waals surface area contributed by atoms with Crippen molar-refractivity contribution in [2.45, 2.75) is 60.7 Å². The molecule has 2 N–H and O–H groups in total. The number of hydrogen-bond donors (Lipinski definition) is 1. The van der Waals surface area contributed by atoms with E-state index in [-0.39, 0.29) is 15.7 Å². The lowest BCUT2D eigenvalue weighted by Crippen LogP contribution is -2.45. The molecule has 1 aliphatic carbocycles. The van der Waals surface area contributed by atoms with Crippen LogP contribution in [0.5, 0.6) is 0 Å². The topological polar surface area (TPSA) is 69.4 Å². The Bertz CT molecular complexity index is 600. The van der Waals surface area contributed by atoms with Gasteiger partial charge in [0.2, 0.25) is 0 Å². The number of nitrogen functional groups attached to an aromatic ring is 1. The number of rotatable bonds is 2. The van der Waals surface area contributed by atoms with Crippen molar-refractivity contribution in [1.82, 2.24) is 0 Å². The molecule has 0 radical (unpaired) electrons. The van der Waals surface area contributed by atoms with Crippen molar-refractivity contribution >= 4 is 15.5 Å². The van der Waals surface area contributed by atoms with Crippen molar-refractivity contribution in [3.05, 3.63) is 24.3 Å². The third kappa shape index (κ3) is 2.81. The predicted molar refractivity (Wildman–Crippen MR) is 82.8 cm³/mol. The summed E-state index contributed by atoms with van der Waals surface area (Å²) >= 11 is 0. The van der Waals surface area contributed by atoms with Crippen LogP contribution in [0.1, 0.15) is 44.9 Å². The zero-order valence-corrected chi connectivity index (χ0v) is 13.1. The SMILES string of the molecule is Nc1ccccc1S(=O)(=O)C1CCOC2(CCCCC2)C1. The molecule has 2 aliphatic rings. The van der Waals surface area contributed by atoms with Crippen LogP contribution in [0.3, 0.4) is 0 Å². The summed E-state index contributed by atoms with van der Waals surface area (Å²) in [6.07, 6.45) is 6.67. The highest BCUT2D eigenvalue weighted by Crippen LogP contribution is 2.41. The Labute approximate surface area is 126 Å². The Morgan fingerprint density at radius 3 is 2.57 bits per heavy atom. The lowest BCUT2D eigenvalue weighted by molar-refractivity contribution is -0.0978. The number of anilines is 1. The number of ether oxygens (including phenoxy) is 1. The molecule has 3 rings (SSSR count). The number of hydrogen-bond acceptors (Lipinski definition) is 4. The van der Waals surface area contributed by atoms with Crippen LogP contribution in [0.4, 0.5) is 5.69 Å². The molecule has 1 aromatic rings. The molecule has 1 heterocycles. The molecule has 1 atom stereocenters. The summed E-state index contributed by atoms with van der Waals surface area (Å²) in [5, 5.41) is -0.367. The third-order valence-electron chi connectivity index (χ3n) is 4.88. The highest BCUT2D eigenvalue weighted by molar-refractivity contribution is 7.92. The molecule has 1 saturated heterocycles. The van der Waals surface area contributed by atoms with Crippen LogP contribution in [0.15, 0.2) is 29.2 Å². The van der Waals surface area contributed by atoms with Gasteiger partial charge in [-0.05, 0) is 37.8 Å². The van der Waals surface area contributed by atoms with Crippen molar-refractivity contribution in [3.8, 4) is 0 Å². The number of sulfone groups is 1. The van der Waals surface area contributed by atoms with Crippen LogP contribution in [-0.2, 0) is 14.6 Å². The standard InChI is InChI=1S/C16H23NO3S/c17-14-6-2-3-7-15(14)21(18,19)13-8-11-20-16(12-13)9-4-1-5-10-16/h2-3,6-7,13H,1,4-5,8-12,17H2. The number of benzene rings is 1. The minimum atomic E-state index is -3.37. The van der Waals surface area contributed by atoms with E-state index in [0.29, 0.717) is 25.1 Å². The Morgan fingerprint density at radius 2 is 1.86 bits per heavy atom. The van der Waals surface area contributed by atoms with Crippen LogP contribution in [-0.4, -0.2) is 25.9 Å². The first-order chi connectivity index (χ1) is 10.0. The summed E-state index contributed by atoms with van der Waals surface area (Å²) in [6.45, 7) is 0.538. The summed E-state index contributed by atoms with van der Waals surface area (Å²) in [5.74, 6) is 0. The first-order valence-electron chi connectivity index (χ1n) is 7.76. The fourth-order valence-corrected chi connectivity index (χ4v) is 5.67. The highest BCUT2D eigenvalue weighted by atomic mass is 32.2. The second kappa shape index (κ2) is 5.61. The Kier molecular flexibility index (Phi) is 3.97. The summed E-state index contributed by atoms with van der Waals surface area (Å²) in [6, 6.07) is 6.77. The van der Waals surface area contributed by atoms with Gasteiger partial charge in [0.1, 0.15) is 0 Å². The van der Waals surface area contributed by atoms with Gasteiger partial charge in [0.25, 0.3) is 0 Å². The maximum atomic E-state index is 12.9. The molecule has 4 nitrogen and oxygen atoms in total. The van der Waals surface area contributed by atoms with Crippen LogP contribution in [0, 0.1) is 0 Å². The zero-order valence-electron chi connectivity index (χ0n) is 12.3. The van der Waals surface area contributed by atoms with E-state index >= 15 is 0 Å². The molecule has 1 spiro atoms. The maximum Gasteiger partial charge on any atom is 0.183 e. The average Bonchev–Trinajstić information content (AvgIpc) is 2.48. The second-order valence-electron chi connectivity index (χ2n) is 6.29. The summed E-state index contributed by atoms with van der Waals surface area (Å²) < 4.78 is 31.8. The van der Waals surface area contributed by atoms with Gasteiger partial charge in [0.05, 0.1) is 21.4 Å². The number of para-hydroxylation sites is 1. The minimum absolute atomic E-state index is 0.211. The van der Waals surface area contributed by atoms with Crippen LogP contribution in [0.2, 0.25) is 0 Å². The Hall–Kier alpha value is -1.07. The van der Waals surface area contributed by atoms with Gasteiger partial charge in [-0.15, -0.1) is 0 Å². The molecule has 116 valence electrons. The zero-order chi connectivity index (χ0) is 14.9. The summed E-state index contributed by atoms with van der Waals surface area (Å²) in [7, 11) is -3.37. The molecular formula is C16H23NO3S. The third-order valence-corrected chi connectivity index (χ3v) is 7.14. The molecule has 0 bridgehead atoms. The molecule has 1 saturated carbocycles. The minimum Gasteiger partial charge on any atom is -0.398 e. The van der Waals surface area contributed by atoms with E-state index in [4.69, 9.17) is 10.5 Å². The molecular weight excluding hydrogens is 286 g/mol. The van der Waals surface area contributed by atoms with E-state index in [1.807, 2.05) is 0 Å². The fraction of sp³-hybridized carbons (Fsp3) is 0.625. The van der Waals surface area contributed by atoms with Gasteiger partial charge in [-0.25, -0.2) is 8.42 Å². The summed E-state index contributed by atoms with van der Waals surface area (Å²) in [5.41, 5.74) is 6.01. The van der Waals surface area contributed by atoms with Gasteiger partial charge >= 0.3 is 0 Å². The normalized spacial score (nSPS) is 25.8. The molecule has 0 amide bonds. The van der Waals surface area contributed by atoms with E-state index in [9.17, 15) is 8.42 Å².